The van der Waals surface area contributed by atoms with Crippen LogP contribution in [0.1, 0.15) is 56.5 Å². The molecule has 1 aromatic carbocycles. The molecule has 0 radical (unpaired) electrons. The van der Waals surface area contributed by atoms with Crippen molar-refractivity contribution in [3.8, 4) is 0 Å². The smallest absolute Gasteiger partial charge is 0.409 e. The van der Waals surface area contributed by atoms with Crippen LogP contribution in [-0.4, -0.2) is 54.6 Å². The summed E-state index contributed by atoms with van der Waals surface area (Å²) >= 11 is 0. The van der Waals surface area contributed by atoms with E-state index in [1.807, 2.05) is 29.2 Å². The Morgan fingerprint density at radius 1 is 1.00 bits per heavy atom. The van der Waals surface area contributed by atoms with Crippen LogP contribution in [0.5, 0.6) is 0 Å². The van der Waals surface area contributed by atoms with Crippen molar-refractivity contribution in [1.29, 1.82) is 0 Å². The zero-order valence-corrected chi connectivity index (χ0v) is 15.9. The summed E-state index contributed by atoms with van der Waals surface area (Å²) in [5, 5.41) is 0. The van der Waals surface area contributed by atoms with Gasteiger partial charge in [0.05, 0.1) is 6.61 Å². The van der Waals surface area contributed by atoms with Crippen molar-refractivity contribution in [2.45, 2.75) is 46.0 Å². The van der Waals surface area contributed by atoms with Gasteiger partial charge in [-0.05, 0) is 29.5 Å². The molecule has 5 heteroatoms. The molecule has 1 aliphatic rings. The number of hydrogen-bond donors (Lipinski definition) is 0. The molecule has 0 N–H and O–H groups in total. The molecule has 1 heterocycles. The number of carbonyl (C=O) groups excluding carboxylic acids is 2. The van der Waals surface area contributed by atoms with Crippen molar-refractivity contribution in [3.63, 3.8) is 0 Å². The van der Waals surface area contributed by atoms with Crippen molar-refractivity contribution in [2.24, 2.45) is 0 Å². The highest BCUT2D eigenvalue weighted by atomic mass is 16.6. The van der Waals surface area contributed by atoms with Gasteiger partial charge in [0, 0.05) is 31.7 Å². The van der Waals surface area contributed by atoms with Gasteiger partial charge in [-0.15, -0.1) is 0 Å². The van der Waals surface area contributed by atoms with Gasteiger partial charge >= 0.3 is 6.09 Å². The lowest BCUT2D eigenvalue weighted by molar-refractivity contribution is 0.0557. The molecule has 0 unspecified atom stereocenters. The average Bonchev–Trinajstić information content (AvgIpc) is 2.61. The number of rotatable bonds is 4. The van der Waals surface area contributed by atoms with Gasteiger partial charge in [0.15, 0.2) is 0 Å². The quantitative estimate of drug-likeness (QED) is 0.782. The number of amides is 2. The minimum absolute atomic E-state index is 0.0273. The maximum atomic E-state index is 12.6. The first-order valence-electron chi connectivity index (χ1n) is 9.14. The summed E-state index contributed by atoms with van der Waals surface area (Å²) < 4.78 is 5.23. The molecule has 2 amide bonds. The van der Waals surface area contributed by atoms with Crippen LogP contribution in [0.25, 0.3) is 0 Å². The van der Waals surface area contributed by atoms with Crippen LogP contribution < -0.4 is 0 Å². The molecule has 0 spiro atoms. The Kier molecular flexibility index (Phi) is 6.45. The van der Waals surface area contributed by atoms with E-state index in [9.17, 15) is 9.59 Å². The van der Waals surface area contributed by atoms with E-state index in [1.165, 1.54) is 5.56 Å². The topological polar surface area (TPSA) is 49.9 Å². The molecule has 0 bridgehead atoms. The zero-order valence-electron chi connectivity index (χ0n) is 15.9. The highest BCUT2D eigenvalue weighted by molar-refractivity contribution is 5.94. The van der Waals surface area contributed by atoms with Gasteiger partial charge in [-0.2, -0.15) is 0 Å². The van der Waals surface area contributed by atoms with Crippen LogP contribution in [0.2, 0.25) is 0 Å². The molecule has 1 aliphatic heterocycles. The fourth-order valence-electron chi connectivity index (χ4n) is 2.78. The van der Waals surface area contributed by atoms with Gasteiger partial charge in [0.1, 0.15) is 0 Å². The highest BCUT2D eigenvalue weighted by Crippen LogP contribution is 2.22. The van der Waals surface area contributed by atoms with Crippen molar-refractivity contribution < 1.29 is 14.3 Å². The maximum absolute atomic E-state index is 12.6. The molecule has 1 saturated heterocycles. The first kappa shape index (κ1) is 19.3. The molecule has 0 aromatic heterocycles. The molecule has 138 valence electrons. The second-order valence-electron chi connectivity index (χ2n) is 7.57. The van der Waals surface area contributed by atoms with Crippen molar-refractivity contribution >= 4 is 12.0 Å². The zero-order chi connectivity index (χ0) is 18.4. The molecular formula is C20H30N2O3. The van der Waals surface area contributed by atoms with Gasteiger partial charge in [-0.25, -0.2) is 4.79 Å². The number of nitrogens with zero attached hydrogens (tertiary/aromatic N) is 2. The van der Waals surface area contributed by atoms with E-state index < -0.39 is 0 Å². The molecule has 0 saturated carbocycles. The molecule has 25 heavy (non-hydrogen) atoms. The summed E-state index contributed by atoms with van der Waals surface area (Å²) in [6.45, 7) is 11.1. The average molecular weight is 346 g/mol. The Labute approximate surface area is 150 Å². The Morgan fingerprint density at radius 3 is 2.08 bits per heavy atom. The molecule has 0 atom stereocenters. The number of hydrogen-bond acceptors (Lipinski definition) is 3. The molecule has 5 nitrogen and oxygen atoms in total. The van der Waals surface area contributed by atoms with E-state index >= 15 is 0 Å². The highest BCUT2D eigenvalue weighted by Gasteiger charge is 2.25. The SMILES string of the molecule is CCCCOC(=O)N1CCN(C(=O)c2ccc(C(C)(C)C)cc2)CC1. The Bertz CT molecular complexity index is 582. The Morgan fingerprint density at radius 2 is 1.56 bits per heavy atom. The van der Waals surface area contributed by atoms with Crippen LogP contribution in [0.15, 0.2) is 24.3 Å². The second-order valence-corrected chi connectivity index (χ2v) is 7.57. The van der Waals surface area contributed by atoms with Crippen LogP contribution in [-0.2, 0) is 10.2 Å². The van der Waals surface area contributed by atoms with E-state index in [2.05, 4.69) is 27.7 Å². The summed E-state index contributed by atoms with van der Waals surface area (Å²) in [4.78, 5) is 28.1. The predicted molar refractivity (Wildman–Crippen MR) is 98.9 cm³/mol. The summed E-state index contributed by atoms with van der Waals surface area (Å²) in [6, 6.07) is 7.84. The normalized spacial score (nSPS) is 15.2. The number of benzene rings is 1. The first-order chi connectivity index (χ1) is 11.8. The predicted octanol–water partition coefficient (Wildman–Crippen LogP) is 3.68. The van der Waals surface area contributed by atoms with E-state index in [4.69, 9.17) is 4.74 Å². The van der Waals surface area contributed by atoms with Crippen molar-refractivity contribution in [2.75, 3.05) is 32.8 Å². The molecule has 1 fully saturated rings. The third-order valence-electron chi connectivity index (χ3n) is 4.55. The first-order valence-corrected chi connectivity index (χ1v) is 9.14. The van der Waals surface area contributed by atoms with Crippen LogP contribution in [0.4, 0.5) is 4.79 Å². The van der Waals surface area contributed by atoms with Crippen LogP contribution >= 0.6 is 0 Å². The summed E-state index contributed by atoms with van der Waals surface area (Å²) in [5.74, 6) is 0.0273. The number of carbonyl (C=O) groups is 2. The summed E-state index contributed by atoms with van der Waals surface area (Å²) in [5.41, 5.74) is 1.99. The van der Waals surface area contributed by atoms with Crippen LogP contribution in [0.3, 0.4) is 0 Å². The standard InChI is InChI=1S/C20H30N2O3/c1-5-6-15-25-19(24)22-13-11-21(12-14-22)18(23)16-7-9-17(10-8-16)20(2,3)4/h7-10H,5-6,11-15H2,1-4H3. The molecule has 1 aromatic rings. The monoisotopic (exact) mass is 346 g/mol. The lowest BCUT2D eigenvalue weighted by atomic mass is 9.86. The number of piperazine rings is 1. The lowest BCUT2D eigenvalue weighted by Crippen LogP contribution is -2.50. The van der Waals surface area contributed by atoms with Gasteiger partial charge < -0.3 is 14.5 Å². The van der Waals surface area contributed by atoms with Gasteiger partial charge in [-0.3, -0.25) is 4.79 Å². The Hall–Kier alpha value is -2.04. The van der Waals surface area contributed by atoms with Gasteiger partial charge in [-0.1, -0.05) is 46.2 Å². The summed E-state index contributed by atoms with van der Waals surface area (Å²) in [6.07, 6.45) is 1.62. The largest absolute Gasteiger partial charge is 0.449 e. The van der Waals surface area contributed by atoms with E-state index in [0.717, 1.165) is 12.8 Å². The van der Waals surface area contributed by atoms with Gasteiger partial charge in [0.2, 0.25) is 0 Å². The fourth-order valence-corrected chi connectivity index (χ4v) is 2.78. The number of ether oxygens (including phenoxy) is 1. The van der Waals surface area contributed by atoms with Crippen molar-refractivity contribution in [3.05, 3.63) is 35.4 Å². The number of unbranched alkanes of at least 4 members (excludes halogenated alkanes) is 1. The van der Waals surface area contributed by atoms with Crippen LogP contribution in [0, 0.1) is 0 Å². The summed E-state index contributed by atoms with van der Waals surface area (Å²) in [7, 11) is 0. The molecule has 0 aliphatic carbocycles. The lowest BCUT2D eigenvalue weighted by Gasteiger charge is -2.34. The minimum atomic E-state index is -0.268. The maximum Gasteiger partial charge on any atom is 0.409 e. The third kappa shape index (κ3) is 5.21. The van der Waals surface area contributed by atoms with Gasteiger partial charge in [0.25, 0.3) is 5.91 Å². The molecule has 2 rings (SSSR count). The Balaban J connectivity index is 1.87. The van der Waals surface area contributed by atoms with E-state index in [0.29, 0.717) is 38.3 Å². The third-order valence-corrected chi connectivity index (χ3v) is 4.55. The minimum Gasteiger partial charge on any atom is -0.449 e. The fraction of sp³-hybridized carbons (Fsp3) is 0.600. The van der Waals surface area contributed by atoms with Crippen molar-refractivity contribution in [1.82, 2.24) is 9.80 Å². The second kappa shape index (κ2) is 8.37. The van der Waals surface area contributed by atoms with E-state index in [-0.39, 0.29) is 17.4 Å². The molecular weight excluding hydrogens is 316 g/mol. The van der Waals surface area contributed by atoms with E-state index in [1.54, 1.807) is 4.90 Å².